The number of ketones is 1. The van der Waals surface area contributed by atoms with Crippen molar-refractivity contribution in [2.75, 3.05) is 20.3 Å². The molecule has 0 radical (unpaired) electrons. The van der Waals surface area contributed by atoms with Crippen molar-refractivity contribution in [3.63, 3.8) is 0 Å². The van der Waals surface area contributed by atoms with Crippen LogP contribution in [0.1, 0.15) is 67.2 Å². The van der Waals surface area contributed by atoms with Gasteiger partial charge >= 0.3 is 0 Å². The Morgan fingerprint density at radius 2 is 1.74 bits per heavy atom. The Hall–Kier alpha value is -3.14. The van der Waals surface area contributed by atoms with Crippen LogP contribution in [0.5, 0.6) is 0 Å². The number of hydrogen-bond donors (Lipinski definition) is 1. The number of nitrogens with one attached hydrogen (secondary N) is 1. The third-order valence-electron chi connectivity index (χ3n) is 5.81. The number of halogens is 1. The molecule has 4 rings (SSSR count). The molecule has 178 valence electrons. The number of ether oxygens (including phenoxy) is 2. The van der Waals surface area contributed by atoms with E-state index in [1.807, 2.05) is 0 Å². The molecule has 2 aliphatic rings. The number of fused-ring (bicyclic) bond motifs is 1. The molecule has 2 aromatic rings. The molecule has 1 fully saturated rings. The monoisotopic (exact) mass is 485 g/mol. The molecule has 0 bridgehead atoms. The molecule has 3 heterocycles. The molecule has 0 saturated carbocycles. The number of carbonyl (C=O) groups excluding carboxylic acids is 4. The molecule has 0 aliphatic carbocycles. The zero-order valence-electron chi connectivity index (χ0n) is 18.6. The fraction of sp³-hybridized carbons (Fsp3) is 0.375. The van der Waals surface area contributed by atoms with E-state index in [0.717, 1.165) is 0 Å². The minimum Gasteiger partial charge on any atom is -0.354 e. The van der Waals surface area contributed by atoms with Gasteiger partial charge in [0.1, 0.15) is 10.8 Å². The first kappa shape index (κ1) is 24.0. The number of rotatable bonds is 8. The van der Waals surface area contributed by atoms with Crippen LogP contribution in [-0.4, -0.2) is 66.0 Å². The summed E-state index contributed by atoms with van der Waals surface area (Å²) in [6.45, 7) is 0.402. The van der Waals surface area contributed by atoms with Crippen molar-refractivity contribution in [3.8, 4) is 0 Å². The van der Waals surface area contributed by atoms with Gasteiger partial charge in [-0.05, 0) is 43.5 Å². The van der Waals surface area contributed by atoms with Crippen molar-refractivity contribution in [2.45, 2.75) is 38.0 Å². The molecule has 0 atom stereocenters. The van der Waals surface area contributed by atoms with Crippen LogP contribution < -0.4 is 5.32 Å². The summed E-state index contributed by atoms with van der Waals surface area (Å²) in [6.07, 6.45) is 1.66. The molecule has 34 heavy (non-hydrogen) atoms. The van der Waals surface area contributed by atoms with Crippen LogP contribution in [0.4, 0.5) is 0 Å². The van der Waals surface area contributed by atoms with Gasteiger partial charge in [0.2, 0.25) is 0 Å². The molecule has 0 spiro atoms. The van der Waals surface area contributed by atoms with Crippen LogP contribution in [0.15, 0.2) is 36.4 Å². The number of unbranched alkanes of at least 4 members (excludes halogenated alkanes) is 1. The van der Waals surface area contributed by atoms with E-state index in [2.05, 4.69) is 10.3 Å². The molecule has 3 amide bonds. The minimum atomic E-state index is -0.476. The average Bonchev–Trinajstić information content (AvgIpc) is 3.11. The maximum atomic E-state index is 12.6. The Balaban J connectivity index is 1.22. The number of aromatic nitrogens is 1. The SMILES string of the molecule is CNC(=O)c1cc(C(=O)CCCCC2OCC(N3C(=O)c4ccccc4C3=O)CO2)cc(Cl)n1. The fourth-order valence-electron chi connectivity index (χ4n) is 4.03. The maximum Gasteiger partial charge on any atom is 0.269 e. The van der Waals surface area contributed by atoms with E-state index >= 15 is 0 Å². The number of amides is 3. The third-order valence-corrected chi connectivity index (χ3v) is 6.00. The standard InChI is InChI=1S/C24H24ClN3O6/c1-26-22(30)18-10-14(11-20(25)27-18)19(29)8-4-5-9-21-33-12-15(13-34-21)28-23(31)16-6-2-3-7-17(16)24(28)32/h2-3,6-7,10-11,15,21H,4-5,8-9,12-13H2,1H3,(H,26,30). The molecule has 1 N–H and O–H groups in total. The second-order valence-corrected chi connectivity index (χ2v) is 8.48. The number of hydrogen-bond acceptors (Lipinski definition) is 7. The first-order chi connectivity index (χ1) is 16.4. The van der Waals surface area contributed by atoms with E-state index in [1.165, 1.54) is 24.1 Å². The maximum absolute atomic E-state index is 12.6. The normalized spacial score (nSPS) is 19.8. The van der Waals surface area contributed by atoms with E-state index < -0.39 is 18.2 Å². The molecular formula is C24H24ClN3O6. The zero-order chi connectivity index (χ0) is 24.2. The van der Waals surface area contributed by atoms with Gasteiger partial charge in [-0.1, -0.05) is 23.7 Å². The lowest BCUT2D eigenvalue weighted by Crippen LogP contribution is -2.49. The van der Waals surface area contributed by atoms with Gasteiger partial charge in [0.15, 0.2) is 12.1 Å². The van der Waals surface area contributed by atoms with Gasteiger partial charge in [0, 0.05) is 19.0 Å². The molecule has 9 nitrogen and oxygen atoms in total. The minimum absolute atomic E-state index is 0.0843. The summed E-state index contributed by atoms with van der Waals surface area (Å²) in [5.74, 6) is -1.20. The Morgan fingerprint density at radius 3 is 2.35 bits per heavy atom. The quantitative estimate of drug-likeness (QED) is 0.264. The van der Waals surface area contributed by atoms with Gasteiger partial charge in [-0.3, -0.25) is 24.1 Å². The van der Waals surface area contributed by atoms with Crippen LogP contribution in [0, 0.1) is 0 Å². The van der Waals surface area contributed by atoms with Crippen LogP contribution in [0.3, 0.4) is 0 Å². The summed E-state index contributed by atoms with van der Waals surface area (Å²) in [6, 6.07) is 9.14. The molecule has 1 saturated heterocycles. The summed E-state index contributed by atoms with van der Waals surface area (Å²) in [7, 11) is 1.48. The van der Waals surface area contributed by atoms with Gasteiger partial charge in [-0.2, -0.15) is 0 Å². The van der Waals surface area contributed by atoms with Gasteiger partial charge < -0.3 is 14.8 Å². The number of benzene rings is 1. The lowest BCUT2D eigenvalue weighted by atomic mass is 10.0. The number of nitrogens with zero attached hydrogens (tertiary/aromatic N) is 2. The van der Waals surface area contributed by atoms with Crippen LogP contribution in [0.2, 0.25) is 5.15 Å². The Morgan fingerprint density at radius 1 is 1.09 bits per heavy atom. The predicted octanol–water partition coefficient (Wildman–Crippen LogP) is 2.88. The van der Waals surface area contributed by atoms with Crippen molar-refractivity contribution in [3.05, 3.63) is 63.9 Å². The van der Waals surface area contributed by atoms with E-state index in [1.54, 1.807) is 24.3 Å². The molecule has 1 aromatic carbocycles. The summed E-state index contributed by atoms with van der Waals surface area (Å²) in [5.41, 5.74) is 1.23. The topological polar surface area (TPSA) is 115 Å². The van der Waals surface area contributed by atoms with Crippen LogP contribution in [0.25, 0.3) is 0 Å². The smallest absolute Gasteiger partial charge is 0.269 e. The molecule has 10 heteroatoms. The molecule has 0 unspecified atom stereocenters. The third kappa shape index (κ3) is 5.01. The number of imide groups is 1. The van der Waals surface area contributed by atoms with Crippen LogP contribution in [-0.2, 0) is 9.47 Å². The number of carbonyl (C=O) groups is 4. The van der Waals surface area contributed by atoms with E-state index in [9.17, 15) is 19.2 Å². The molecule has 1 aromatic heterocycles. The first-order valence-corrected chi connectivity index (χ1v) is 11.4. The summed E-state index contributed by atoms with van der Waals surface area (Å²) in [5, 5.41) is 2.54. The Labute approximate surface area is 201 Å². The van der Waals surface area contributed by atoms with Gasteiger partial charge in [-0.15, -0.1) is 0 Å². The Bertz CT molecular complexity index is 1090. The van der Waals surface area contributed by atoms with Gasteiger partial charge in [0.05, 0.1) is 30.4 Å². The highest BCUT2D eigenvalue weighted by Gasteiger charge is 2.41. The van der Waals surface area contributed by atoms with Crippen molar-refractivity contribution >= 4 is 35.1 Å². The Kier molecular flexibility index (Phi) is 7.35. The highest BCUT2D eigenvalue weighted by Crippen LogP contribution is 2.27. The first-order valence-electron chi connectivity index (χ1n) is 11.0. The van der Waals surface area contributed by atoms with Crippen molar-refractivity contribution in [1.82, 2.24) is 15.2 Å². The second-order valence-electron chi connectivity index (χ2n) is 8.09. The van der Waals surface area contributed by atoms with E-state index in [4.69, 9.17) is 21.1 Å². The lowest BCUT2D eigenvalue weighted by Gasteiger charge is -2.33. The van der Waals surface area contributed by atoms with Crippen molar-refractivity contribution in [1.29, 1.82) is 0 Å². The summed E-state index contributed by atoms with van der Waals surface area (Å²) in [4.78, 5) is 54.6. The molecular weight excluding hydrogens is 462 g/mol. The summed E-state index contributed by atoms with van der Waals surface area (Å²) < 4.78 is 11.5. The number of pyridine rings is 1. The zero-order valence-corrected chi connectivity index (χ0v) is 19.3. The van der Waals surface area contributed by atoms with Gasteiger partial charge in [0.25, 0.3) is 17.7 Å². The summed E-state index contributed by atoms with van der Waals surface area (Å²) >= 11 is 5.94. The molecule has 2 aliphatic heterocycles. The van der Waals surface area contributed by atoms with Crippen LogP contribution >= 0.6 is 11.6 Å². The predicted molar refractivity (Wildman–Crippen MR) is 122 cm³/mol. The lowest BCUT2D eigenvalue weighted by molar-refractivity contribution is -0.200. The van der Waals surface area contributed by atoms with E-state index in [0.29, 0.717) is 36.0 Å². The van der Waals surface area contributed by atoms with Gasteiger partial charge in [-0.25, -0.2) is 4.98 Å². The van der Waals surface area contributed by atoms with Crippen molar-refractivity contribution in [2.24, 2.45) is 0 Å². The highest BCUT2D eigenvalue weighted by molar-refractivity contribution is 6.30. The van der Waals surface area contributed by atoms with E-state index in [-0.39, 0.29) is 48.1 Å². The second kappa shape index (κ2) is 10.4. The average molecular weight is 486 g/mol. The highest BCUT2D eigenvalue weighted by atomic mass is 35.5. The fourth-order valence-corrected chi connectivity index (χ4v) is 4.24. The van der Waals surface area contributed by atoms with Crippen molar-refractivity contribution < 1.29 is 28.7 Å². The number of Topliss-reactive ketones (excluding diaryl/α,β-unsaturated/α-hetero) is 1. The largest absolute Gasteiger partial charge is 0.354 e.